The lowest BCUT2D eigenvalue weighted by atomic mass is 10.5. The molecule has 0 saturated heterocycles. The molecule has 0 amide bonds. The molecule has 0 aromatic heterocycles. The Kier molecular flexibility index (Phi) is 1.67. The van der Waals surface area contributed by atoms with E-state index in [0.717, 1.165) is 0 Å². The Bertz CT molecular complexity index is 69.9. The van der Waals surface area contributed by atoms with E-state index in [9.17, 15) is 0 Å². The molecular formula is C4H6BrP. The van der Waals surface area contributed by atoms with Gasteiger partial charge in [-0.3, -0.25) is 0 Å². The first kappa shape index (κ1) is 4.80. The average molecular weight is 165 g/mol. The van der Waals surface area contributed by atoms with Crippen molar-refractivity contribution in [2.24, 2.45) is 0 Å². The van der Waals surface area contributed by atoms with Crippen LogP contribution in [0.3, 0.4) is 0 Å². The van der Waals surface area contributed by atoms with Crippen LogP contribution >= 0.6 is 22.1 Å². The third kappa shape index (κ3) is 1.06. The van der Waals surface area contributed by atoms with E-state index in [1.165, 1.54) is 12.6 Å². The van der Waals surface area contributed by atoms with Crippen LogP contribution in [0.2, 0.25) is 0 Å². The van der Waals surface area contributed by atoms with Crippen molar-refractivity contribution in [2.45, 2.75) is 6.42 Å². The highest BCUT2D eigenvalue weighted by Crippen LogP contribution is 2.49. The second-order valence-electron chi connectivity index (χ2n) is 1.30. The highest BCUT2D eigenvalue weighted by molar-refractivity contribution is 9.39. The van der Waals surface area contributed by atoms with E-state index in [1.807, 2.05) is 0 Å². The predicted molar refractivity (Wildman–Crippen MR) is 34.5 cm³/mol. The zero-order chi connectivity index (χ0) is 4.41. The molecule has 0 aliphatic carbocycles. The van der Waals surface area contributed by atoms with Crippen LogP contribution in [0, 0.1) is 0 Å². The first-order valence-electron chi connectivity index (χ1n) is 1.99. The van der Waals surface area contributed by atoms with Crippen LogP contribution in [-0.2, 0) is 0 Å². The molecule has 1 heterocycles. The van der Waals surface area contributed by atoms with Crippen LogP contribution in [0.15, 0.2) is 11.9 Å². The van der Waals surface area contributed by atoms with Crippen LogP contribution < -0.4 is 0 Å². The van der Waals surface area contributed by atoms with Gasteiger partial charge in [0, 0.05) is 0 Å². The molecule has 0 nitrogen and oxygen atoms in total. The molecule has 1 unspecified atom stereocenters. The molecule has 0 saturated carbocycles. The van der Waals surface area contributed by atoms with E-state index in [4.69, 9.17) is 0 Å². The summed E-state index contributed by atoms with van der Waals surface area (Å²) in [5.74, 6) is 2.26. The van der Waals surface area contributed by atoms with Crippen LogP contribution in [0.25, 0.3) is 0 Å². The van der Waals surface area contributed by atoms with Crippen molar-refractivity contribution >= 4 is 22.1 Å². The maximum absolute atomic E-state index is 3.52. The first-order valence-corrected chi connectivity index (χ1v) is 5.60. The van der Waals surface area contributed by atoms with Gasteiger partial charge in [0.25, 0.3) is 0 Å². The molecule has 0 spiro atoms. The molecule has 0 bridgehead atoms. The number of rotatable bonds is 0. The lowest BCUT2D eigenvalue weighted by molar-refractivity contribution is 1.27. The summed E-state index contributed by atoms with van der Waals surface area (Å²) < 4.78 is 0. The third-order valence-electron chi connectivity index (χ3n) is 0.777. The van der Waals surface area contributed by atoms with E-state index in [0.29, 0.717) is 0 Å². The summed E-state index contributed by atoms with van der Waals surface area (Å²) in [6, 6.07) is 0. The summed E-state index contributed by atoms with van der Waals surface area (Å²) in [6.07, 6.45) is 4.88. The van der Waals surface area contributed by atoms with Crippen molar-refractivity contribution in [2.75, 3.05) is 6.16 Å². The van der Waals surface area contributed by atoms with Crippen LogP contribution in [0.1, 0.15) is 6.42 Å². The Balaban J connectivity index is 2.38. The first-order chi connectivity index (χ1) is 2.89. The summed E-state index contributed by atoms with van der Waals surface area (Å²) >= 11 is 3.52. The van der Waals surface area contributed by atoms with Gasteiger partial charge in [-0.05, 0) is 19.2 Å². The SMILES string of the molecule is BrP1C=CCC1. The molecule has 6 heavy (non-hydrogen) atoms. The van der Waals surface area contributed by atoms with Gasteiger partial charge in [0.1, 0.15) is 0 Å². The highest BCUT2D eigenvalue weighted by Gasteiger charge is 2.00. The van der Waals surface area contributed by atoms with Crippen molar-refractivity contribution in [3.63, 3.8) is 0 Å². The van der Waals surface area contributed by atoms with Gasteiger partial charge in [0.05, 0.1) is 0 Å². The summed E-state index contributed by atoms with van der Waals surface area (Å²) in [5, 5.41) is 0. The second kappa shape index (κ2) is 2.09. The van der Waals surface area contributed by atoms with E-state index in [-0.39, 0.29) is 6.62 Å². The van der Waals surface area contributed by atoms with Crippen molar-refractivity contribution in [3.8, 4) is 0 Å². The predicted octanol–water partition coefficient (Wildman–Crippen LogP) is 2.70. The Morgan fingerprint density at radius 2 is 2.50 bits per heavy atom. The Hall–Kier alpha value is 0.650. The smallest absolute Gasteiger partial charge is 0.0119 e. The molecule has 1 aliphatic heterocycles. The fourth-order valence-electron chi connectivity index (χ4n) is 0.461. The zero-order valence-corrected chi connectivity index (χ0v) is 5.87. The summed E-state index contributed by atoms with van der Waals surface area (Å²) in [5.41, 5.74) is 0. The van der Waals surface area contributed by atoms with E-state index in [2.05, 4.69) is 27.4 Å². The van der Waals surface area contributed by atoms with Gasteiger partial charge < -0.3 is 0 Å². The largest absolute Gasteiger partial charge is 0.0829 e. The summed E-state index contributed by atoms with van der Waals surface area (Å²) in [4.78, 5) is 0. The molecule has 0 radical (unpaired) electrons. The minimum Gasteiger partial charge on any atom is -0.0829 e. The third-order valence-corrected chi connectivity index (χ3v) is 3.77. The van der Waals surface area contributed by atoms with Crippen LogP contribution in [0.4, 0.5) is 0 Å². The quantitative estimate of drug-likeness (QED) is 0.484. The standard InChI is InChI=1S/C4H6BrP/c5-6-3-1-2-4-6/h1,3H,2,4H2. The van der Waals surface area contributed by atoms with Crippen molar-refractivity contribution in [3.05, 3.63) is 11.9 Å². The van der Waals surface area contributed by atoms with Gasteiger partial charge in [-0.15, -0.1) is 0 Å². The van der Waals surface area contributed by atoms with Gasteiger partial charge in [-0.2, -0.15) is 0 Å². The highest BCUT2D eigenvalue weighted by atomic mass is 79.9. The molecule has 0 aromatic rings. The average Bonchev–Trinajstić information content (AvgIpc) is 1.86. The minimum absolute atomic E-state index is 0.167. The van der Waals surface area contributed by atoms with E-state index < -0.39 is 0 Å². The summed E-state index contributed by atoms with van der Waals surface area (Å²) in [7, 11) is 0. The number of allylic oxidation sites excluding steroid dienone is 1. The maximum Gasteiger partial charge on any atom is -0.0119 e. The Morgan fingerprint density at radius 1 is 1.67 bits per heavy atom. The van der Waals surface area contributed by atoms with E-state index >= 15 is 0 Å². The lowest BCUT2D eigenvalue weighted by Gasteiger charge is -1.87. The molecule has 0 aromatic carbocycles. The van der Waals surface area contributed by atoms with Crippen LogP contribution in [-0.4, -0.2) is 6.16 Å². The van der Waals surface area contributed by atoms with Gasteiger partial charge in [0.15, 0.2) is 0 Å². The number of hydrogen-bond donors (Lipinski definition) is 0. The molecule has 34 valence electrons. The number of hydrogen-bond acceptors (Lipinski definition) is 0. The Morgan fingerprint density at radius 3 is 2.67 bits per heavy atom. The van der Waals surface area contributed by atoms with E-state index in [1.54, 1.807) is 0 Å². The van der Waals surface area contributed by atoms with Gasteiger partial charge in [-0.25, -0.2) is 0 Å². The topological polar surface area (TPSA) is 0 Å². The van der Waals surface area contributed by atoms with Crippen molar-refractivity contribution in [1.29, 1.82) is 0 Å². The van der Waals surface area contributed by atoms with Gasteiger partial charge >= 0.3 is 0 Å². The molecule has 1 aliphatic rings. The molecule has 0 fully saturated rings. The number of halogens is 1. The fourth-order valence-corrected chi connectivity index (χ4v) is 2.50. The fraction of sp³-hybridized carbons (Fsp3) is 0.500. The minimum atomic E-state index is 0.167. The van der Waals surface area contributed by atoms with Crippen molar-refractivity contribution in [1.82, 2.24) is 0 Å². The molecule has 0 N–H and O–H groups in total. The molecule has 1 atom stereocenters. The lowest BCUT2D eigenvalue weighted by Crippen LogP contribution is -1.58. The Labute approximate surface area is 47.1 Å². The van der Waals surface area contributed by atoms with Crippen LogP contribution in [0.5, 0.6) is 0 Å². The molecule has 2 heteroatoms. The molecular weight excluding hydrogens is 159 g/mol. The molecule has 1 rings (SSSR count). The monoisotopic (exact) mass is 164 g/mol. The second-order valence-corrected chi connectivity index (χ2v) is 5.57. The zero-order valence-electron chi connectivity index (χ0n) is 3.39. The summed E-state index contributed by atoms with van der Waals surface area (Å²) in [6.45, 7) is 0.167. The van der Waals surface area contributed by atoms with Crippen molar-refractivity contribution < 1.29 is 0 Å². The normalized spacial score (nSPS) is 31.8. The maximum atomic E-state index is 3.52. The van der Waals surface area contributed by atoms with Gasteiger partial charge in [0.2, 0.25) is 0 Å². The van der Waals surface area contributed by atoms with Gasteiger partial charge in [-0.1, -0.05) is 27.4 Å².